The quantitative estimate of drug-likeness (QED) is 0.769. The third kappa shape index (κ3) is 3.28. The van der Waals surface area contributed by atoms with Crippen molar-refractivity contribution in [2.24, 2.45) is 11.5 Å². The van der Waals surface area contributed by atoms with Crippen LogP contribution in [0, 0.1) is 6.92 Å². The molecule has 0 spiro atoms. The van der Waals surface area contributed by atoms with E-state index in [0.717, 1.165) is 10.7 Å². The highest BCUT2D eigenvalue weighted by molar-refractivity contribution is 8.00. The van der Waals surface area contributed by atoms with Crippen LogP contribution in [0.1, 0.15) is 26.0 Å². The Balaban J connectivity index is 2.58. The minimum Gasteiger partial charge on any atom is -0.468 e. The molecule has 1 aromatic rings. The van der Waals surface area contributed by atoms with Crippen molar-refractivity contribution < 1.29 is 9.21 Å². The van der Waals surface area contributed by atoms with Crippen LogP contribution in [0.25, 0.3) is 0 Å². The van der Waals surface area contributed by atoms with Crippen LogP contribution in [0.4, 0.5) is 0 Å². The highest BCUT2D eigenvalue weighted by atomic mass is 32.2. The minimum atomic E-state index is -0.954. The van der Waals surface area contributed by atoms with Gasteiger partial charge in [-0.25, -0.2) is 0 Å². The van der Waals surface area contributed by atoms with Crippen molar-refractivity contribution in [3.63, 3.8) is 0 Å². The summed E-state index contributed by atoms with van der Waals surface area (Å²) in [5, 5.41) is 0.207. The van der Waals surface area contributed by atoms with Gasteiger partial charge >= 0.3 is 0 Å². The summed E-state index contributed by atoms with van der Waals surface area (Å²) in [6, 6.07) is 1.91. The first kappa shape index (κ1) is 13.1. The number of aryl methyl sites for hydroxylation is 1. The fraction of sp³-hybridized carbons (Fsp3) is 0.545. The molecule has 5 heteroatoms. The Kier molecular flexibility index (Phi) is 4.04. The number of furan rings is 1. The molecular weight excluding hydrogens is 224 g/mol. The van der Waals surface area contributed by atoms with Crippen molar-refractivity contribution in [2.45, 2.75) is 42.9 Å². The lowest BCUT2D eigenvalue weighted by Gasteiger charge is -2.23. The molecule has 4 nitrogen and oxygen atoms in total. The Morgan fingerprint density at radius 2 is 2.31 bits per heavy atom. The maximum Gasteiger partial charge on any atom is 0.237 e. The lowest BCUT2D eigenvalue weighted by Crippen LogP contribution is -2.50. The van der Waals surface area contributed by atoms with Gasteiger partial charge in [0.15, 0.2) is 0 Å². The van der Waals surface area contributed by atoms with Crippen LogP contribution in [-0.4, -0.2) is 16.7 Å². The molecule has 1 amide bonds. The molecule has 4 N–H and O–H groups in total. The molecule has 0 aliphatic rings. The van der Waals surface area contributed by atoms with E-state index in [1.165, 1.54) is 0 Å². The number of rotatable bonds is 5. The van der Waals surface area contributed by atoms with E-state index in [2.05, 4.69) is 0 Å². The number of nitrogens with two attached hydrogens (primary N) is 2. The third-order valence-electron chi connectivity index (χ3n) is 2.41. The summed E-state index contributed by atoms with van der Waals surface area (Å²) in [6.45, 7) is 5.59. The zero-order valence-electron chi connectivity index (χ0n) is 9.82. The molecule has 2 atom stereocenters. The average molecular weight is 242 g/mol. The molecule has 2 unspecified atom stereocenters. The van der Waals surface area contributed by atoms with Crippen LogP contribution in [0.3, 0.4) is 0 Å². The van der Waals surface area contributed by atoms with E-state index in [9.17, 15) is 4.79 Å². The van der Waals surface area contributed by atoms with Gasteiger partial charge in [0.1, 0.15) is 5.76 Å². The van der Waals surface area contributed by atoms with Gasteiger partial charge in [0.2, 0.25) is 5.91 Å². The largest absolute Gasteiger partial charge is 0.468 e. The summed E-state index contributed by atoms with van der Waals surface area (Å²) in [5.74, 6) is 0.415. The van der Waals surface area contributed by atoms with Crippen LogP contribution in [0.5, 0.6) is 0 Å². The Labute approximate surface area is 99.7 Å². The number of primary amides is 1. The molecule has 0 aliphatic heterocycles. The second kappa shape index (κ2) is 4.93. The molecule has 90 valence electrons. The molecule has 0 aromatic carbocycles. The molecule has 16 heavy (non-hydrogen) atoms. The summed E-state index contributed by atoms with van der Waals surface area (Å²) < 4.78 is 5.20. The van der Waals surface area contributed by atoms with Crippen molar-refractivity contribution >= 4 is 17.7 Å². The Bertz CT molecular complexity index is 374. The zero-order valence-corrected chi connectivity index (χ0v) is 10.6. The van der Waals surface area contributed by atoms with Crippen molar-refractivity contribution in [3.8, 4) is 0 Å². The monoisotopic (exact) mass is 242 g/mol. The smallest absolute Gasteiger partial charge is 0.237 e. The van der Waals surface area contributed by atoms with Gasteiger partial charge in [-0.05, 0) is 26.3 Å². The topological polar surface area (TPSA) is 82.2 Å². The second-order valence-electron chi connectivity index (χ2n) is 4.26. The van der Waals surface area contributed by atoms with E-state index in [-0.39, 0.29) is 5.25 Å². The number of hydrogen-bond acceptors (Lipinski definition) is 4. The van der Waals surface area contributed by atoms with Gasteiger partial charge in [-0.3, -0.25) is 4.79 Å². The average Bonchev–Trinajstić information content (AvgIpc) is 2.50. The first-order chi connectivity index (χ1) is 7.33. The lowest BCUT2D eigenvalue weighted by atomic mass is 9.97. The van der Waals surface area contributed by atoms with Gasteiger partial charge in [-0.15, -0.1) is 11.8 Å². The fourth-order valence-corrected chi connectivity index (χ4v) is 2.66. The van der Waals surface area contributed by atoms with E-state index < -0.39 is 11.4 Å². The third-order valence-corrected chi connectivity index (χ3v) is 3.66. The predicted molar refractivity (Wildman–Crippen MR) is 65.2 cm³/mol. The maximum absolute atomic E-state index is 11.1. The van der Waals surface area contributed by atoms with Crippen molar-refractivity contribution in [2.75, 3.05) is 0 Å². The van der Waals surface area contributed by atoms with Gasteiger partial charge in [0, 0.05) is 10.1 Å². The van der Waals surface area contributed by atoms with Gasteiger partial charge in [0.05, 0.1) is 11.8 Å². The number of amides is 1. The molecule has 1 heterocycles. The second-order valence-corrected chi connectivity index (χ2v) is 5.74. The van der Waals surface area contributed by atoms with Crippen molar-refractivity contribution in [1.82, 2.24) is 0 Å². The summed E-state index contributed by atoms with van der Waals surface area (Å²) in [5.41, 5.74) is 10.1. The Hall–Kier alpha value is -0.940. The number of thioether (sulfide) groups is 1. The van der Waals surface area contributed by atoms with Crippen molar-refractivity contribution in [3.05, 3.63) is 18.1 Å². The molecule has 1 rings (SSSR count). The first-order valence-corrected chi connectivity index (χ1v) is 6.00. The molecule has 1 aromatic heterocycles. The SMILES string of the molecule is Cc1occc1SC(C)CC(C)(N)C(N)=O. The first-order valence-electron chi connectivity index (χ1n) is 5.12. The van der Waals surface area contributed by atoms with Crippen molar-refractivity contribution in [1.29, 1.82) is 0 Å². The number of hydrogen-bond donors (Lipinski definition) is 2. The van der Waals surface area contributed by atoms with Crippen LogP contribution in [-0.2, 0) is 4.79 Å². The maximum atomic E-state index is 11.1. The molecular formula is C11H18N2O2S. The minimum absolute atomic E-state index is 0.207. The van der Waals surface area contributed by atoms with Crippen LogP contribution in [0.15, 0.2) is 21.6 Å². The van der Waals surface area contributed by atoms with E-state index >= 15 is 0 Å². The normalized spacial score (nSPS) is 16.8. The standard InChI is InChI=1S/C11H18N2O2S/c1-7(6-11(3,13)10(12)14)16-9-4-5-15-8(9)2/h4-5,7H,6,13H2,1-3H3,(H2,12,14). The Morgan fingerprint density at radius 1 is 1.69 bits per heavy atom. The summed E-state index contributed by atoms with van der Waals surface area (Å²) >= 11 is 1.64. The highest BCUT2D eigenvalue weighted by Crippen LogP contribution is 2.30. The molecule has 0 fully saturated rings. The summed E-state index contributed by atoms with van der Waals surface area (Å²) in [6.07, 6.45) is 2.19. The van der Waals surface area contributed by atoms with E-state index in [4.69, 9.17) is 15.9 Å². The molecule has 0 bridgehead atoms. The van der Waals surface area contributed by atoms with E-state index in [0.29, 0.717) is 6.42 Å². The summed E-state index contributed by atoms with van der Waals surface area (Å²) in [7, 11) is 0. The number of carbonyl (C=O) groups is 1. The molecule has 0 aliphatic carbocycles. The molecule has 0 saturated carbocycles. The van der Waals surface area contributed by atoms with E-state index in [1.54, 1.807) is 24.9 Å². The lowest BCUT2D eigenvalue weighted by molar-refractivity contribution is -0.122. The van der Waals surface area contributed by atoms with Crippen LogP contribution >= 0.6 is 11.8 Å². The zero-order chi connectivity index (χ0) is 12.3. The van der Waals surface area contributed by atoms with Gasteiger partial charge in [-0.1, -0.05) is 6.92 Å². The van der Waals surface area contributed by atoms with Gasteiger partial charge < -0.3 is 15.9 Å². The fourth-order valence-electron chi connectivity index (χ4n) is 1.45. The predicted octanol–water partition coefficient (Wildman–Crippen LogP) is 1.66. The number of carbonyl (C=O) groups excluding carboxylic acids is 1. The van der Waals surface area contributed by atoms with Crippen LogP contribution in [0.2, 0.25) is 0 Å². The van der Waals surface area contributed by atoms with Gasteiger partial charge in [0.25, 0.3) is 0 Å². The van der Waals surface area contributed by atoms with Crippen LogP contribution < -0.4 is 11.5 Å². The van der Waals surface area contributed by atoms with E-state index in [1.807, 2.05) is 19.9 Å². The molecule has 0 saturated heterocycles. The Morgan fingerprint density at radius 3 is 2.75 bits per heavy atom. The highest BCUT2D eigenvalue weighted by Gasteiger charge is 2.28. The van der Waals surface area contributed by atoms with Gasteiger partial charge in [-0.2, -0.15) is 0 Å². The summed E-state index contributed by atoms with van der Waals surface area (Å²) in [4.78, 5) is 12.2. The molecule has 0 radical (unpaired) electrons.